The summed E-state index contributed by atoms with van der Waals surface area (Å²) in [5.41, 5.74) is 0. The number of carbonyl (C=O) groups is 3. The van der Waals surface area contributed by atoms with E-state index in [1.165, 1.54) is 25.7 Å². The zero-order valence-corrected chi connectivity index (χ0v) is 40.7. The molecule has 0 bridgehead atoms. The molecule has 0 heterocycles. The molecule has 0 radical (unpaired) electrons. The van der Waals surface area contributed by atoms with Gasteiger partial charge in [0.2, 0.25) is 0 Å². The van der Waals surface area contributed by atoms with Crippen molar-refractivity contribution in [3.63, 3.8) is 0 Å². The fourth-order valence-electron chi connectivity index (χ4n) is 6.08. The van der Waals surface area contributed by atoms with Gasteiger partial charge in [-0.2, -0.15) is 0 Å². The standard InChI is InChI=1S/C56H87NO7/c1-6-8-10-12-14-16-18-20-22-24-26-27-29-30-32-34-36-38-40-42-44-46-54(58)63-51-52(50-62-49-48-53(56(60)61)57(3,4)5)64-55(59)47-45-43-41-39-37-35-33-31-28-25-23-21-19-17-15-13-11-9-7-2/h9,11,14-17,20-23,26-28,30-32,35-38,41,43,52-53H,6-8,10,12-13,18-19,24-25,29,33-34,39-40,42,44-51H2,1-5H3/p+1/b11-9+,16-14+,17-15+,22-20+,23-21+,27-26+,31-28+,32-30+,37-35+,38-36+,43-41+. The van der Waals surface area contributed by atoms with E-state index in [0.29, 0.717) is 19.3 Å². The second-order valence-corrected chi connectivity index (χ2v) is 16.6. The first-order valence-corrected chi connectivity index (χ1v) is 24.2. The summed E-state index contributed by atoms with van der Waals surface area (Å²) in [5.74, 6) is -1.65. The van der Waals surface area contributed by atoms with E-state index in [4.69, 9.17) is 14.2 Å². The van der Waals surface area contributed by atoms with Gasteiger partial charge in [0, 0.05) is 19.3 Å². The summed E-state index contributed by atoms with van der Waals surface area (Å²) >= 11 is 0. The second kappa shape index (κ2) is 45.1. The summed E-state index contributed by atoms with van der Waals surface area (Å²) < 4.78 is 17.2. The summed E-state index contributed by atoms with van der Waals surface area (Å²) in [7, 11) is 5.47. The van der Waals surface area contributed by atoms with E-state index >= 15 is 0 Å². The molecule has 0 aromatic carbocycles. The van der Waals surface area contributed by atoms with Crippen molar-refractivity contribution in [3.8, 4) is 0 Å². The van der Waals surface area contributed by atoms with Crippen molar-refractivity contribution >= 4 is 17.9 Å². The minimum atomic E-state index is -0.899. The fraction of sp³-hybridized carbons (Fsp3) is 0.554. The number of likely N-dealkylation sites (N-methyl/N-ethyl adjacent to an activating group) is 1. The zero-order chi connectivity index (χ0) is 47.0. The summed E-state index contributed by atoms with van der Waals surface area (Å²) in [6, 6.07) is -0.644. The molecule has 0 amide bonds. The minimum absolute atomic E-state index is 0.00660. The van der Waals surface area contributed by atoms with Gasteiger partial charge in [-0.1, -0.05) is 160 Å². The number of aliphatic carboxylic acids is 1. The summed E-state index contributed by atoms with van der Waals surface area (Å²) in [4.78, 5) is 37.1. The van der Waals surface area contributed by atoms with Crippen LogP contribution in [0.15, 0.2) is 134 Å². The molecule has 0 aromatic rings. The van der Waals surface area contributed by atoms with Gasteiger partial charge < -0.3 is 23.8 Å². The van der Waals surface area contributed by atoms with Crippen LogP contribution in [0.5, 0.6) is 0 Å². The van der Waals surface area contributed by atoms with E-state index in [2.05, 4.69) is 135 Å². The molecule has 8 heteroatoms. The molecule has 358 valence electrons. The van der Waals surface area contributed by atoms with Gasteiger partial charge >= 0.3 is 17.9 Å². The molecule has 0 aliphatic carbocycles. The first kappa shape index (κ1) is 59.5. The van der Waals surface area contributed by atoms with Gasteiger partial charge in [-0.15, -0.1) is 0 Å². The van der Waals surface area contributed by atoms with Crippen molar-refractivity contribution in [2.75, 3.05) is 41.0 Å². The number of rotatable bonds is 41. The highest BCUT2D eigenvalue weighted by atomic mass is 16.6. The Labute approximate surface area is 390 Å². The molecule has 0 aromatic heterocycles. The van der Waals surface area contributed by atoms with Gasteiger partial charge in [0.25, 0.3) is 0 Å². The van der Waals surface area contributed by atoms with Gasteiger partial charge in [0.1, 0.15) is 6.61 Å². The maximum absolute atomic E-state index is 12.7. The number of carbonyl (C=O) groups excluding carboxylic acids is 2. The first-order valence-electron chi connectivity index (χ1n) is 24.2. The highest BCUT2D eigenvalue weighted by molar-refractivity contribution is 5.72. The maximum Gasteiger partial charge on any atom is 0.362 e. The van der Waals surface area contributed by atoms with Crippen molar-refractivity contribution in [2.24, 2.45) is 0 Å². The normalized spacial score (nSPS) is 14.1. The van der Waals surface area contributed by atoms with Crippen molar-refractivity contribution in [2.45, 2.75) is 161 Å². The lowest BCUT2D eigenvalue weighted by Gasteiger charge is -2.31. The van der Waals surface area contributed by atoms with Crippen molar-refractivity contribution < 1.29 is 38.2 Å². The Kier molecular flexibility index (Phi) is 41.9. The Morgan fingerprint density at radius 3 is 1.30 bits per heavy atom. The predicted octanol–water partition coefficient (Wildman–Crippen LogP) is 14.0. The lowest BCUT2D eigenvalue weighted by molar-refractivity contribution is -0.887. The van der Waals surface area contributed by atoms with Crippen molar-refractivity contribution in [3.05, 3.63) is 134 Å². The largest absolute Gasteiger partial charge is 0.477 e. The highest BCUT2D eigenvalue weighted by Gasteiger charge is 2.31. The van der Waals surface area contributed by atoms with Crippen LogP contribution in [0.1, 0.15) is 149 Å². The molecular formula is C56H88NO7+. The molecule has 0 saturated heterocycles. The van der Waals surface area contributed by atoms with E-state index in [1.54, 1.807) is 0 Å². The Morgan fingerprint density at radius 2 is 0.891 bits per heavy atom. The number of hydrogen-bond donors (Lipinski definition) is 1. The van der Waals surface area contributed by atoms with Crippen LogP contribution < -0.4 is 0 Å². The number of quaternary nitrogens is 1. The monoisotopic (exact) mass is 887 g/mol. The van der Waals surface area contributed by atoms with Gasteiger partial charge in [-0.25, -0.2) is 4.79 Å². The lowest BCUT2D eigenvalue weighted by atomic mass is 10.1. The third kappa shape index (κ3) is 42.8. The number of carboxylic acid groups (broad SMARTS) is 1. The molecule has 0 fully saturated rings. The van der Waals surface area contributed by atoms with Gasteiger partial charge in [-0.3, -0.25) is 9.59 Å². The summed E-state index contributed by atoms with van der Waals surface area (Å²) in [6.45, 7) is 4.44. The summed E-state index contributed by atoms with van der Waals surface area (Å²) in [6.07, 6.45) is 65.2. The summed E-state index contributed by atoms with van der Waals surface area (Å²) in [5, 5.41) is 9.64. The molecular weight excluding hydrogens is 799 g/mol. The zero-order valence-electron chi connectivity index (χ0n) is 40.7. The molecule has 0 aliphatic heterocycles. The van der Waals surface area contributed by atoms with Crippen LogP contribution in [0.4, 0.5) is 0 Å². The molecule has 8 nitrogen and oxygen atoms in total. The molecule has 0 aliphatic rings. The topological polar surface area (TPSA) is 99.1 Å². The SMILES string of the molecule is CC/C=C/C/C=C/C/C=C/C/C=C/C/C=C/C/C=C/CCC(=O)OC(COCCC(C(=O)O)[N+](C)(C)C)COC(=O)CCCC/C=C/C/C=C/C/C=C/C/C=C/C/C=C/CCCCC. The van der Waals surface area contributed by atoms with Crippen molar-refractivity contribution in [1.29, 1.82) is 0 Å². The van der Waals surface area contributed by atoms with E-state index in [9.17, 15) is 19.5 Å². The number of ether oxygens (including phenoxy) is 3. The van der Waals surface area contributed by atoms with Crippen LogP contribution >= 0.6 is 0 Å². The smallest absolute Gasteiger partial charge is 0.362 e. The number of nitrogens with zero attached hydrogens (tertiary/aromatic N) is 1. The first-order chi connectivity index (χ1) is 31.1. The number of allylic oxidation sites excluding steroid dienone is 22. The second-order valence-electron chi connectivity index (χ2n) is 16.6. The van der Waals surface area contributed by atoms with Crippen LogP contribution in [0.25, 0.3) is 0 Å². The number of carboxylic acids is 1. The third-order valence-corrected chi connectivity index (χ3v) is 9.80. The third-order valence-electron chi connectivity index (χ3n) is 9.80. The molecule has 1 N–H and O–H groups in total. The van der Waals surface area contributed by atoms with Gasteiger partial charge in [0.15, 0.2) is 12.1 Å². The Bertz CT molecular complexity index is 1500. The quantitative estimate of drug-likeness (QED) is 0.0282. The van der Waals surface area contributed by atoms with E-state index in [0.717, 1.165) is 77.0 Å². The van der Waals surface area contributed by atoms with Crippen molar-refractivity contribution in [1.82, 2.24) is 0 Å². The van der Waals surface area contributed by atoms with Gasteiger partial charge in [-0.05, 0) is 103 Å². The number of esters is 2. The molecule has 0 spiro atoms. The molecule has 2 unspecified atom stereocenters. The Hall–Kier alpha value is -4.53. The molecule has 64 heavy (non-hydrogen) atoms. The van der Waals surface area contributed by atoms with E-state index < -0.39 is 24.1 Å². The molecule has 2 atom stereocenters. The van der Waals surface area contributed by atoms with Crippen LogP contribution in [-0.4, -0.2) is 80.6 Å². The average Bonchev–Trinajstić information content (AvgIpc) is 3.26. The van der Waals surface area contributed by atoms with E-state index in [1.807, 2.05) is 33.3 Å². The Morgan fingerprint density at radius 1 is 0.484 bits per heavy atom. The van der Waals surface area contributed by atoms with E-state index in [-0.39, 0.29) is 43.1 Å². The minimum Gasteiger partial charge on any atom is -0.477 e. The fourth-order valence-corrected chi connectivity index (χ4v) is 6.08. The highest BCUT2D eigenvalue weighted by Crippen LogP contribution is 2.11. The van der Waals surface area contributed by atoms with Crippen LogP contribution in [0.2, 0.25) is 0 Å². The lowest BCUT2D eigenvalue weighted by Crippen LogP contribution is -2.50. The van der Waals surface area contributed by atoms with Gasteiger partial charge in [0.05, 0.1) is 34.4 Å². The van der Waals surface area contributed by atoms with Crippen LogP contribution in [0, 0.1) is 0 Å². The Balaban J connectivity index is 4.53. The number of unbranched alkanes of at least 4 members (excludes halogenated alkanes) is 5. The maximum atomic E-state index is 12.7. The molecule has 0 saturated carbocycles. The number of hydrogen-bond acceptors (Lipinski definition) is 6. The van der Waals surface area contributed by atoms with Crippen LogP contribution in [-0.2, 0) is 28.6 Å². The molecule has 0 rings (SSSR count). The van der Waals surface area contributed by atoms with Crippen LogP contribution in [0.3, 0.4) is 0 Å². The predicted molar refractivity (Wildman–Crippen MR) is 270 cm³/mol. The average molecular weight is 887 g/mol.